The van der Waals surface area contributed by atoms with Gasteiger partial charge in [0.1, 0.15) is 0 Å². The predicted molar refractivity (Wildman–Crippen MR) is 55.0 cm³/mol. The number of nitrogens with zero attached hydrogens (tertiary/aromatic N) is 1. The Bertz CT molecular complexity index is 215. The second kappa shape index (κ2) is 4.28. The van der Waals surface area contributed by atoms with Crippen LogP contribution >= 0.6 is 0 Å². The number of carbonyl (C=O) groups is 1. The molecule has 80 valence electrons. The number of amides is 1. The van der Waals surface area contributed by atoms with Crippen molar-refractivity contribution in [1.82, 2.24) is 15.5 Å². The standard InChI is InChI=1S/C10H19N3O/c1-8-5-11-2-3-13(8)10(14)4-9-6-12-7-9/h8-9,11-12H,2-7H2,1H3/t8-/m0/s1. The first-order valence-electron chi connectivity index (χ1n) is 5.48. The average Bonchev–Trinajstić information content (AvgIpc) is 2.12. The summed E-state index contributed by atoms with van der Waals surface area (Å²) in [5.41, 5.74) is 0. The number of rotatable bonds is 2. The van der Waals surface area contributed by atoms with Gasteiger partial charge in [-0.15, -0.1) is 0 Å². The van der Waals surface area contributed by atoms with E-state index in [0.717, 1.165) is 39.1 Å². The molecule has 1 atom stereocenters. The smallest absolute Gasteiger partial charge is 0.223 e. The number of hydrogen-bond acceptors (Lipinski definition) is 3. The molecule has 0 saturated carbocycles. The summed E-state index contributed by atoms with van der Waals surface area (Å²) in [6.07, 6.45) is 0.733. The third-order valence-electron chi connectivity index (χ3n) is 3.15. The Morgan fingerprint density at radius 2 is 2.14 bits per heavy atom. The van der Waals surface area contributed by atoms with Crippen LogP contribution in [0.1, 0.15) is 13.3 Å². The largest absolute Gasteiger partial charge is 0.337 e. The van der Waals surface area contributed by atoms with Gasteiger partial charge in [0, 0.05) is 32.1 Å². The molecule has 14 heavy (non-hydrogen) atoms. The van der Waals surface area contributed by atoms with Crippen molar-refractivity contribution < 1.29 is 4.79 Å². The van der Waals surface area contributed by atoms with E-state index >= 15 is 0 Å². The van der Waals surface area contributed by atoms with E-state index in [0.29, 0.717) is 17.9 Å². The molecule has 2 fully saturated rings. The lowest BCUT2D eigenvalue weighted by Crippen LogP contribution is -2.54. The third-order valence-corrected chi connectivity index (χ3v) is 3.15. The van der Waals surface area contributed by atoms with E-state index in [-0.39, 0.29) is 0 Å². The Kier molecular flexibility index (Phi) is 3.03. The molecule has 2 N–H and O–H groups in total. The van der Waals surface area contributed by atoms with E-state index in [1.807, 2.05) is 4.90 Å². The van der Waals surface area contributed by atoms with E-state index in [2.05, 4.69) is 17.6 Å². The zero-order valence-electron chi connectivity index (χ0n) is 8.75. The Hall–Kier alpha value is -0.610. The molecule has 0 aromatic heterocycles. The molecule has 0 radical (unpaired) electrons. The fourth-order valence-corrected chi connectivity index (χ4v) is 2.07. The minimum atomic E-state index is 0.338. The van der Waals surface area contributed by atoms with Crippen molar-refractivity contribution in [2.75, 3.05) is 32.7 Å². The van der Waals surface area contributed by atoms with Crippen molar-refractivity contribution in [3.05, 3.63) is 0 Å². The minimum absolute atomic E-state index is 0.338. The Morgan fingerprint density at radius 1 is 1.36 bits per heavy atom. The first-order chi connectivity index (χ1) is 6.77. The van der Waals surface area contributed by atoms with Crippen molar-refractivity contribution in [1.29, 1.82) is 0 Å². The summed E-state index contributed by atoms with van der Waals surface area (Å²) in [5.74, 6) is 0.926. The molecule has 0 aliphatic carbocycles. The number of hydrogen-bond donors (Lipinski definition) is 2. The topological polar surface area (TPSA) is 44.4 Å². The molecule has 0 bridgehead atoms. The molecule has 2 saturated heterocycles. The van der Waals surface area contributed by atoms with E-state index in [9.17, 15) is 4.79 Å². The zero-order chi connectivity index (χ0) is 9.97. The molecule has 4 heteroatoms. The van der Waals surface area contributed by atoms with Crippen LogP contribution in [0.25, 0.3) is 0 Å². The molecule has 0 aromatic carbocycles. The first-order valence-corrected chi connectivity index (χ1v) is 5.48. The Morgan fingerprint density at radius 3 is 2.71 bits per heavy atom. The molecular weight excluding hydrogens is 178 g/mol. The monoisotopic (exact) mass is 197 g/mol. The van der Waals surface area contributed by atoms with Crippen LogP contribution in [0.3, 0.4) is 0 Å². The maximum Gasteiger partial charge on any atom is 0.223 e. The molecule has 1 amide bonds. The highest BCUT2D eigenvalue weighted by Gasteiger charge is 2.27. The summed E-state index contributed by atoms with van der Waals surface area (Å²) < 4.78 is 0. The number of nitrogens with one attached hydrogen (secondary N) is 2. The molecule has 2 aliphatic rings. The van der Waals surface area contributed by atoms with Crippen LogP contribution in [-0.4, -0.2) is 49.6 Å². The molecule has 0 aromatic rings. The van der Waals surface area contributed by atoms with Crippen molar-refractivity contribution in [2.45, 2.75) is 19.4 Å². The third kappa shape index (κ3) is 2.07. The molecule has 0 spiro atoms. The summed E-state index contributed by atoms with van der Waals surface area (Å²) in [6.45, 7) is 6.91. The van der Waals surface area contributed by atoms with Gasteiger partial charge in [-0.3, -0.25) is 4.79 Å². The second-order valence-electron chi connectivity index (χ2n) is 4.37. The summed E-state index contributed by atoms with van der Waals surface area (Å²) >= 11 is 0. The second-order valence-corrected chi connectivity index (χ2v) is 4.37. The molecule has 2 heterocycles. The number of carbonyl (C=O) groups excluding carboxylic acids is 1. The van der Waals surface area contributed by atoms with Crippen molar-refractivity contribution in [3.8, 4) is 0 Å². The highest BCUT2D eigenvalue weighted by Crippen LogP contribution is 2.13. The van der Waals surface area contributed by atoms with Crippen LogP contribution < -0.4 is 10.6 Å². The van der Waals surface area contributed by atoms with E-state index in [4.69, 9.17) is 0 Å². The van der Waals surface area contributed by atoms with Crippen molar-refractivity contribution >= 4 is 5.91 Å². The van der Waals surface area contributed by atoms with Gasteiger partial charge in [-0.25, -0.2) is 0 Å². The lowest BCUT2D eigenvalue weighted by molar-refractivity contribution is -0.135. The lowest BCUT2D eigenvalue weighted by atomic mass is 9.98. The van der Waals surface area contributed by atoms with Crippen LogP contribution in [-0.2, 0) is 4.79 Å². The van der Waals surface area contributed by atoms with E-state index < -0.39 is 0 Å². The molecule has 4 nitrogen and oxygen atoms in total. The van der Waals surface area contributed by atoms with Crippen LogP contribution in [0, 0.1) is 5.92 Å². The zero-order valence-corrected chi connectivity index (χ0v) is 8.75. The lowest BCUT2D eigenvalue weighted by Gasteiger charge is -2.36. The van der Waals surface area contributed by atoms with Crippen LogP contribution in [0.5, 0.6) is 0 Å². The molecular formula is C10H19N3O. The average molecular weight is 197 g/mol. The van der Waals surface area contributed by atoms with Crippen LogP contribution in [0.4, 0.5) is 0 Å². The molecule has 0 unspecified atom stereocenters. The Balaban J connectivity index is 1.82. The summed E-state index contributed by atoms with van der Waals surface area (Å²) in [6, 6.07) is 0.365. The maximum atomic E-state index is 11.9. The van der Waals surface area contributed by atoms with Gasteiger partial charge >= 0.3 is 0 Å². The number of piperazine rings is 1. The fraction of sp³-hybridized carbons (Fsp3) is 0.900. The van der Waals surface area contributed by atoms with Gasteiger partial charge in [-0.1, -0.05) is 0 Å². The van der Waals surface area contributed by atoms with E-state index in [1.54, 1.807) is 0 Å². The quantitative estimate of drug-likeness (QED) is 0.622. The molecule has 2 aliphatic heterocycles. The van der Waals surface area contributed by atoms with Crippen molar-refractivity contribution in [3.63, 3.8) is 0 Å². The fourth-order valence-electron chi connectivity index (χ4n) is 2.07. The van der Waals surface area contributed by atoms with Gasteiger partial charge in [0.25, 0.3) is 0 Å². The van der Waals surface area contributed by atoms with Gasteiger partial charge in [0.05, 0.1) is 0 Å². The van der Waals surface area contributed by atoms with Crippen LogP contribution in [0.2, 0.25) is 0 Å². The minimum Gasteiger partial charge on any atom is -0.337 e. The normalized spacial score (nSPS) is 28.6. The predicted octanol–water partition coefficient (Wildman–Crippen LogP) is -0.584. The van der Waals surface area contributed by atoms with Crippen molar-refractivity contribution in [2.24, 2.45) is 5.92 Å². The summed E-state index contributed by atoms with van der Waals surface area (Å²) in [7, 11) is 0. The molecule has 2 rings (SSSR count). The Labute approximate surface area is 85.0 Å². The summed E-state index contributed by atoms with van der Waals surface area (Å²) in [4.78, 5) is 13.9. The van der Waals surface area contributed by atoms with Gasteiger partial charge in [0.2, 0.25) is 5.91 Å². The van der Waals surface area contributed by atoms with Gasteiger partial charge in [-0.05, 0) is 25.9 Å². The maximum absolute atomic E-state index is 11.9. The highest BCUT2D eigenvalue weighted by atomic mass is 16.2. The first kappa shape index (κ1) is 9.93. The SMILES string of the molecule is C[C@H]1CNCCN1C(=O)CC1CNC1. The highest BCUT2D eigenvalue weighted by molar-refractivity contribution is 5.77. The van der Waals surface area contributed by atoms with Crippen LogP contribution in [0.15, 0.2) is 0 Å². The van der Waals surface area contributed by atoms with Gasteiger partial charge in [0.15, 0.2) is 0 Å². The van der Waals surface area contributed by atoms with Gasteiger partial charge < -0.3 is 15.5 Å². The summed E-state index contributed by atoms with van der Waals surface area (Å²) in [5, 5.41) is 6.49. The van der Waals surface area contributed by atoms with Gasteiger partial charge in [-0.2, -0.15) is 0 Å². The van der Waals surface area contributed by atoms with E-state index in [1.165, 1.54) is 0 Å².